The van der Waals surface area contributed by atoms with Gasteiger partial charge in [-0.3, -0.25) is 0 Å². The molecule has 0 atom stereocenters. The Labute approximate surface area is 178 Å². The number of nitrogens with one attached hydrogen (secondary N) is 2. The van der Waals surface area contributed by atoms with Crippen LogP contribution in [0.15, 0.2) is 29.4 Å². The predicted molar refractivity (Wildman–Crippen MR) is 122 cm³/mol. The maximum absolute atomic E-state index is 5.43. The summed E-state index contributed by atoms with van der Waals surface area (Å²) in [5, 5.41) is 17.1. The smallest absolute Gasteiger partial charge is 0.191 e. The highest BCUT2D eigenvalue weighted by atomic mass is 32.2. The van der Waals surface area contributed by atoms with E-state index >= 15 is 0 Å². The van der Waals surface area contributed by atoms with E-state index < -0.39 is 0 Å². The number of benzene rings is 1. The van der Waals surface area contributed by atoms with Crippen LogP contribution in [0.5, 0.6) is 0 Å². The summed E-state index contributed by atoms with van der Waals surface area (Å²) in [4.78, 5) is 0. The van der Waals surface area contributed by atoms with E-state index in [9.17, 15) is 0 Å². The van der Waals surface area contributed by atoms with Gasteiger partial charge < -0.3 is 15.2 Å². The number of nitrogens with zero attached hydrogens (tertiary/aromatic N) is 3. The van der Waals surface area contributed by atoms with Crippen molar-refractivity contribution in [3.63, 3.8) is 0 Å². The third-order valence-electron chi connectivity index (χ3n) is 5.31. The maximum atomic E-state index is 5.43. The molecule has 2 aromatic rings. The minimum absolute atomic E-state index is 0.539. The summed E-state index contributed by atoms with van der Waals surface area (Å²) in [6.07, 6.45) is 9.11. The van der Waals surface area contributed by atoms with Crippen LogP contribution in [0.25, 0.3) is 0 Å². The van der Waals surface area contributed by atoms with Crippen molar-refractivity contribution in [2.24, 2.45) is 0 Å². The van der Waals surface area contributed by atoms with Gasteiger partial charge in [0.25, 0.3) is 0 Å². The third kappa shape index (κ3) is 5.47. The lowest BCUT2D eigenvalue weighted by Gasteiger charge is -2.16. The molecule has 2 N–H and O–H groups in total. The van der Waals surface area contributed by atoms with Gasteiger partial charge in [0.15, 0.2) is 10.3 Å². The third-order valence-corrected chi connectivity index (χ3v) is 6.20. The highest BCUT2D eigenvalue weighted by Gasteiger charge is 2.23. The molecule has 0 aliphatic heterocycles. The summed E-state index contributed by atoms with van der Waals surface area (Å²) < 4.78 is 2.38. The molecule has 0 unspecified atom stereocenters. The van der Waals surface area contributed by atoms with Gasteiger partial charge in [0.05, 0.1) is 0 Å². The Morgan fingerprint density at radius 2 is 1.93 bits per heavy atom. The van der Waals surface area contributed by atoms with Crippen molar-refractivity contribution < 1.29 is 0 Å². The molecule has 1 aromatic heterocycles. The van der Waals surface area contributed by atoms with Gasteiger partial charge in [0.2, 0.25) is 0 Å². The number of anilines is 1. The second-order valence-corrected chi connectivity index (χ2v) is 8.85. The molecule has 1 aromatic carbocycles. The Morgan fingerprint density at radius 1 is 1.21 bits per heavy atom. The minimum Gasteiger partial charge on any atom is -0.362 e. The van der Waals surface area contributed by atoms with Gasteiger partial charge in [-0.15, -0.1) is 10.2 Å². The fourth-order valence-electron chi connectivity index (χ4n) is 3.72. The largest absolute Gasteiger partial charge is 0.362 e. The minimum atomic E-state index is 0.539. The first kappa shape index (κ1) is 21.1. The molecular weight excluding hydrogens is 386 g/mol. The summed E-state index contributed by atoms with van der Waals surface area (Å²) in [7, 11) is 0. The van der Waals surface area contributed by atoms with Crippen LogP contribution in [0.2, 0.25) is 0 Å². The Balaban J connectivity index is 1.45. The van der Waals surface area contributed by atoms with Crippen LogP contribution in [-0.4, -0.2) is 32.7 Å². The van der Waals surface area contributed by atoms with Crippen molar-refractivity contribution in [3.8, 4) is 0 Å². The number of thiocarbonyl (C=S) groups is 1. The Bertz CT molecular complexity index is 764. The number of aromatic nitrogens is 3. The normalized spacial score (nSPS) is 14.6. The van der Waals surface area contributed by atoms with E-state index in [2.05, 4.69) is 69.8 Å². The van der Waals surface area contributed by atoms with Crippen LogP contribution in [0.3, 0.4) is 0 Å². The monoisotopic (exact) mass is 417 g/mol. The van der Waals surface area contributed by atoms with Crippen LogP contribution >= 0.6 is 24.0 Å². The Kier molecular flexibility index (Phi) is 7.73. The van der Waals surface area contributed by atoms with Crippen LogP contribution in [0.4, 0.5) is 5.69 Å². The van der Waals surface area contributed by atoms with E-state index in [1.807, 2.05) is 0 Å². The van der Waals surface area contributed by atoms with Crippen molar-refractivity contribution in [1.82, 2.24) is 20.1 Å². The second-order valence-electron chi connectivity index (χ2n) is 7.67. The predicted octanol–water partition coefficient (Wildman–Crippen LogP) is 5.16. The molecule has 1 fully saturated rings. The molecule has 5 nitrogen and oxygen atoms in total. The first-order chi connectivity index (χ1) is 13.6. The molecule has 1 heterocycles. The summed E-state index contributed by atoms with van der Waals surface area (Å²) >= 11 is 7.12. The summed E-state index contributed by atoms with van der Waals surface area (Å²) in [5.74, 6) is 1.65. The molecule has 1 saturated carbocycles. The summed E-state index contributed by atoms with van der Waals surface area (Å²) in [6, 6.07) is 9.04. The number of hydrogen-bond acceptors (Lipinski definition) is 4. The zero-order valence-corrected chi connectivity index (χ0v) is 18.7. The van der Waals surface area contributed by atoms with E-state index in [4.69, 9.17) is 12.2 Å². The average Bonchev–Trinajstić information content (AvgIpc) is 3.34. The number of rotatable bonds is 8. The standard InChI is InChI=1S/C21H31N5S2/c1-15(2)16-10-12-17(13-11-16)23-20(27)22-14-6-9-19-24-25-21(28-3)26(19)18-7-4-5-8-18/h10-13,15,18H,4-9,14H2,1-3H3,(H2,22,23,27). The average molecular weight is 418 g/mol. The molecule has 0 saturated heterocycles. The fourth-order valence-corrected chi connectivity index (χ4v) is 4.51. The molecule has 152 valence electrons. The summed E-state index contributed by atoms with van der Waals surface area (Å²) in [5.41, 5.74) is 2.35. The molecule has 0 radical (unpaired) electrons. The molecule has 0 spiro atoms. The van der Waals surface area contributed by atoms with Gasteiger partial charge >= 0.3 is 0 Å². The van der Waals surface area contributed by atoms with Crippen LogP contribution in [-0.2, 0) is 6.42 Å². The molecule has 7 heteroatoms. The molecule has 3 rings (SSSR count). The van der Waals surface area contributed by atoms with E-state index in [0.29, 0.717) is 17.1 Å². The lowest BCUT2D eigenvalue weighted by Crippen LogP contribution is -2.29. The summed E-state index contributed by atoms with van der Waals surface area (Å²) in [6.45, 7) is 5.22. The van der Waals surface area contributed by atoms with E-state index in [-0.39, 0.29) is 0 Å². The van der Waals surface area contributed by atoms with Crippen LogP contribution in [0, 0.1) is 0 Å². The van der Waals surface area contributed by atoms with Gasteiger partial charge in [-0.1, -0.05) is 50.6 Å². The Hall–Kier alpha value is -1.60. The van der Waals surface area contributed by atoms with Crippen LogP contribution < -0.4 is 10.6 Å². The van der Waals surface area contributed by atoms with Crippen molar-refractivity contribution >= 4 is 34.8 Å². The first-order valence-electron chi connectivity index (χ1n) is 10.2. The van der Waals surface area contributed by atoms with Gasteiger partial charge in [-0.2, -0.15) is 0 Å². The van der Waals surface area contributed by atoms with E-state index in [1.165, 1.54) is 31.2 Å². The highest BCUT2D eigenvalue weighted by molar-refractivity contribution is 7.98. The van der Waals surface area contributed by atoms with Gasteiger partial charge in [-0.05, 0) is 61.4 Å². The lowest BCUT2D eigenvalue weighted by atomic mass is 10.0. The number of aryl methyl sites for hydroxylation is 1. The molecular formula is C21H31N5S2. The number of thioether (sulfide) groups is 1. The molecule has 0 bridgehead atoms. The quantitative estimate of drug-likeness (QED) is 0.352. The first-order valence-corrected chi connectivity index (χ1v) is 11.8. The maximum Gasteiger partial charge on any atom is 0.191 e. The van der Waals surface area contributed by atoms with Crippen LogP contribution in [0.1, 0.15) is 69.3 Å². The zero-order valence-electron chi connectivity index (χ0n) is 17.1. The Morgan fingerprint density at radius 3 is 2.57 bits per heavy atom. The van der Waals surface area contributed by atoms with Gasteiger partial charge in [-0.25, -0.2) is 0 Å². The second kappa shape index (κ2) is 10.3. The topological polar surface area (TPSA) is 54.8 Å². The van der Waals surface area contributed by atoms with Crippen molar-refractivity contribution in [2.45, 2.75) is 69.5 Å². The lowest BCUT2D eigenvalue weighted by molar-refractivity contribution is 0.460. The van der Waals surface area contributed by atoms with Gasteiger partial charge in [0, 0.05) is 24.7 Å². The molecule has 1 aliphatic rings. The molecule has 0 amide bonds. The van der Waals surface area contributed by atoms with Gasteiger partial charge in [0.1, 0.15) is 5.82 Å². The van der Waals surface area contributed by atoms with E-state index in [1.54, 1.807) is 11.8 Å². The van der Waals surface area contributed by atoms with Crippen molar-refractivity contribution in [1.29, 1.82) is 0 Å². The SMILES string of the molecule is CSc1nnc(CCCNC(=S)Nc2ccc(C(C)C)cc2)n1C1CCCC1. The highest BCUT2D eigenvalue weighted by Crippen LogP contribution is 2.33. The number of hydrogen-bond donors (Lipinski definition) is 2. The van der Waals surface area contributed by atoms with Crippen molar-refractivity contribution in [3.05, 3.63) is 35.7 Å². The van der Waals surface area contributed by atoms with Crippen molar-refractivity contribution in [2.75, 3.05) is 18.1 Å². The molecule has 1 aliphatic carbocycles. The van der Waals surface area contributed by atoms with E-state index in [0.717, 1.165) is 36.1 Å². The molecule has 28 heavy (non-hydrogen) atoms. The zero-order chi connectivity index (χ0) is 19.9. The fraction of sp³-hybridized carbons (Fsp3) is 0.571.